The zero-order valence-corrected chi connectivity index (χ0v) is 21.3. The maximum absolute atomic E-state index is 13.2. The lowest BCUT2D eigenvalue weighted by Gasteiger charge is -2.30. The minimum Gasteiger partial charge on any atom is -0.341 e. The zero-order valence-electron chi connectivity index (χ0n) is 21.3. The van der Waals surface area contributed by atoms with Crippen LogP contribution in [0.5, 0.6) is 0 Å². The molecule has 1 amide bonds. The molecule has 0 bridgehead atoms. The molecule has 0 spiro atoms. The monoisotopic (exact) mass is 493 g/mol. The smallest absolute Gasteiger partial charge is 0.241 e. The third-order valence-corrected chi connectivity index (χ3v) is 7.37. The number of piperidine rings is 1. The molecule has 1 N–H and O–H groups in total. The van der Waals surface area contributed by atoms with Gasteiger partial charge in [-0.1, -0.05) is 53.2 Å². The first kappa shape index (κ1) is 23.4. The molecule has 2 aromatic heterocycles. The molecule has 0 radical (unpaired) electrons. The van der Waals surface area contributed by atoms with Crippen molar-refractivity contribution >= 4 is 33.4 Å². The van der Waals surface area contributed by atoms with Crippen molar-refractivity contribution in [2.24, 2.45) is 5.92 Å². The largest absolute Gasteiger partial charge is 0.341 e. The third kappa shape index (κ3) is 4.62. The van der Waals surface area contributed by atoms with E-state index in [2.05, 4.69) is 75.2 Å². The van der Waals surface area contributed by atoms with Gasteiger partial charge in [0.05, 0.1) is 12.5 Å². The van der Waals surface area contributed by atoms with Crippen molar-refractivity contribution in [2.75, 3.05) is 18.4 Å². The van der Waals surface area contributed by atoms with Gasteiger partial charge in [0.2, 0.25) is 17.6 Å². The van der Waals surface area contributed by atoms with Crippen molar-refractivity contribution in [2.45, 2.75) is 39.8 Å². The quantitative estimate of drug-likeness (QED) is 0.313. The van der Waals surface area contributed by atoms with E-state index in [1.807, 2.05) is 30.3 Å². The van der Waals surface area contributed by atoms with Crippen molar-refractivity contribution in [1.82, 2.24) is 19.6 Å². The van der Waals surface area contributed by atoms with Gasteiger partial charge in [-0.2, -0.15) is 4.98 Å². The summed E-state index contributed by atoms with van der Waals surface area (Å²) in [5.41, 5.74) is 5.38. The predicted octanol–water partition coefficient (Wildman–Crippen LogP) is 6.02. The number of benzene rings is 3. The maximum atomic E-state index is 13.2. The van der Waals surface area contributed by atoms with Gasteiger partial charge in [0.25, 0.3) is 0 Å². The molecule has 1 aliphatic heterocycles. The number of para-hydroxylation sites is 1. The van der Waals surface area contributed by atoms with Crippen molar-refractivity contribution in [3.8, 4) is 11.4 Å². The summed E-state index contributed by atoms with van der Waals surface area (Å²) in [6.45, 7) is 7.25. The van der Waals surface area contributed by atoms with Gasteiger partial charge in [-0.3, -0.25) is 9.69 Å². The first-order valence-corrected chi connectivity index (χ1v) is 13.0. The molecule has 7 nitrogen and oxygen atoms in total. The van der Waals surface area contributed by atoms with Crippen LogP contribution in [-0.4, -0.2) is 38.6 Å². The van der Waals surface area contributed by atoms with E-state index in [1.165, 1.54) is 27.4 Å². The highest BCUT2D eigenvalue weighted by Gasteiger charge is 2.27. The maximum Gasteiger partial charge on any atom is 0.241 e. The molecular formula is C30H31N5O2. The molecule has 7 heteroatoms. The van der Waals surface area contributed by atoms with E-state index in [1.54, 1.807) is 0 Å². The highest BCUT2D eigenvalue weighted by atomic mass is 16.5. The number of hydrogen-bond donors (Lipinski definition) is 1. The summed E-state index contributed by atoms with van der Waals surface area (Å²) in [4.78, 5) is 20.1. The van der Waals surface area contributed by atoms with E-state index in [0.717, 1.165) is 37.2 Å². The standard InChI is InChI=1S/C30H31N5O2/c1-3-35-26-9-5-4-8-24(26)25-17-23(14-15-27(25)35)31-30(36)22-7-6-16-34(18-22)19-28-32-29(33-37-28)21-12-10-20(2)11-13-21/h4-5,8-15,17,22H,3,6-7,16,18-19H2,1-2H3,(H,31,36). The molecule has 1 unspecified atom stereocenters. The van der Waals surface area contributed by atoms with Crippen LogP contribution in [0.1, 0.15) is 31.2 Å². The Morgan fingerprint density at radius 2 is 1.86 bits per heavy atom. The Morgan fingerprint density at radius 1 is 1.05 bits per heavy atom. The highest BCUT2D eigenvalue weighted by molar-refractivity contribution is 6.09. The number of carbonyl (C=O) groups excluding carboxylic acids is 1. The summed E-state index contributed by atoms with van der Waals surface area (Å²) in [5, 5.41) is 9.72. The molecule has 1 fully saturated rings. The third-order valence-electron chi connectivity index (χ3n) is 7.37. The Balaban J connectivity index is 1.14. The van der Waals surface area contributed by atoms with Gasteiger partial charge in [-0.25, -0.2) is 0 Å². The fraction of sp³-hybridized carbons (Fsp3) is 0.300. The second-order valence-corrected chi connectivity index (χ2v) is 9.93. The summed E-state index contributed by atoms with van der Waals surface area (Å²) in [6, 6.07) is 22.8. The fourth-order valence-corrected chi connectivity index (χ4v) is 5.46. The van der Waals surface area contributed by atoms with Crippen molar-refractivity contribution in [3.63, 3.8) is 0 Å². The number of nitrogens with zero attached hydrogens (tertiary/aromatic N) is 4. The van der Waals surface area contributed by atoms with Crippen LogP contribution >= 0.6 is 0 Å². The van der Waals surface area contributed by atoms with Crippen LogP contribution in [0.15, 0.2) is 71.3 Å². The summed E-state index contributed by atoms with van der Waals surface area (Å²) < 4.78 is 7.84. The number of fused-ring (bicyclic) bond motifs is 3. The number of aromatic nitrogens is 3. The molecular weight excluding hydrogens is 462 g/mol. The number of rotatable bonds is 6. The van der Waals surface area contributed by atoms with Crippen LogP contribution in [-0.2, 0) is 17.9 Å². The molecule has 3 aromatic carbocycles. The molecule has 3 heterocycles. The second kappa shape index (κ2) is 9.82. The van der Waals surface area contributed by atoms with E-state index in [9.17, 15) is 4.79 Å². The van der Waals surface area contributed by atoms with Gasteiger partial charge in [0, 0.05) is 46.1 Å². The Kier molecular flexibility index (Phi) is 6.22. The number of aryl methyl sites for hydroxylation is 2. The molecule has 37 heavy (non-hydrogen) atoms. The summed E-state index contributed by atoms with van der Waals surface area (Å²) in [6.07, 6.45) is 1.83. The Labute approximate surface area is 216 Å². The number of likely N-dealkylation sites (tertiary alicyclic amines) is 1. The lowest BCUT2D eigenvalue weighted by Crippen LogP contribution is -2.40. The molecule has 1 aliphatic rings. The number of hydrogen-bond acceptors (Lipinski definition) is 5. The summed E-state index contributed by atoms with van der Waals surface area (Å²) in [7, 11) is 0. The first-order valence-electron chi connectivity index (χ1n) is 13.0. The van der Waals surface area contributed by atoms with E-state index in [0.29, 0.717) is 24.8 Å². The minimum atomic E-state index is -0.0825. The van der Waals surface area contributed by atoms with Gasteiger partial charge in [-0.15, -0.1) is 0 Å². The van der Waals surface area contributed by atoms with E-state index in [-0.39, 0.29) is 11.8 Å². The van der Waals surface area contributed by atoms with Crippen molar-refractivity contribution in [3.05, 3.63) is 78.2 Å². The number of carbonyl (C=O) groups is 1. The van der Waals surface area contributed by atoms with Gasteiger partial charge in [-0.05, 0) is 57.5 Å². The van der Waals surface area contributed by atoms with Crippen molar-refractivity contribution in [1.29, 1.82) is 0 Å². The van der Waals surface area contributed by atoms with E-state index < -0.39 is 0 Å². The van der Waals surface area contributed by atoms with Gasteiger partial charge in [0.1, 0.15) is 0 Å². The van der Waals surface area contributed by atoms with Crippen molar-refractivity contribution < 1.29 is 9.32 Å². The number of amides is 1. The summed E-state index contributed by atoms with van der Waals surface area (Å²) >= 11 is 0. The molecule has 5 aromatic rings. The molecule has 1 atom stereocenters. The van der Waals surface area contributed by atoms with Gasteiger partial charge >= 0.3 is 0 Å². The number of anilines is 1. The molecule has 188 valence electrons. The zero-order chi connectivity index (χ0) is 25.4. The first-order chi connectivity index (χ1) is 18.1. The average molecular weight is 494 g/mol. The SMILES string of the molecule is CCn1c2ccccc2c2cc(NC(=O)C3CCCN(Cc4nc(-c5ccc(C)cc5)no4)C3)ccc21. The average Bonchev–Trinajstić information content (AvgIpc) is 3.51. The van der Waals surface area contributed by atoms with Gasteiger partial charge < -0.3 is 14.4 Å². The number of nitrogens with one attached hydrogen (secondary N) is 1. The van der Waals surface area contributed by atoms with E-state index >= 15 is 0 Å². The second-order valence-electron chi connectivity index (χ2n) is 9.93. The van der Waals surface area contributed by atoms with Crippen LogP contribution in [0.2, 0.25) is 0 Å². The summed E-state index contributed by atoms with van der Waals surface area (Å²) in [5.74, 6) is 1.16. The predicted molar refractivity (Wildman–Crippen MR) is 146 cm³/mol. The minimum absolute atomic E-state index is 0.0640. The lowest BCUT2D eigenvalue weighted by molar-refractivity contribution is -0.121. The topological polar surface area (TPSA) is 76.2 Å². The van der Waals surface area contributed by atoms with Crippen LogP contribution in [0.4, 0.5) is 5.69 Å². The molecule has 0 saturated carbocycles. The van der Waals surface area contributed by atoms with Crippen LogP contribution < -0.4 is 5.32 Å². The Morgan fingerprint density at radius 3 is 2.70 bits per heavy atom. The van der Waals surface area contributed by atoms with E-state index in [4.69, 9.17) is 4.52 Å². The van der Waals surface area contributed by atoms with Crippen LogP contribution in [0, 0.1) is 12.8 Å². The fourth-order valence-electron chi connectivity index (χ4n) is 5.46. The molecule has 6 rings (SSSR count). The molecule has 1 saturated heterocycles. The van der Waals surface area contributed by atoms with Crippen LogP contribution in [0.25, 0.3) is 33.2 Å². The van der Waals surface area contributed by atoms with Crippen LogP contribution in [0.3, 0.4) is 0 Å². The Hall–Kier alpha value is -3.97. The molecule has 0 aliphatic carbocycles. The lowest BCUT2D eigenvalue weighted by atomic mass is 9.97. The van der Waals surface area contributed by atoms with Gasteiger partial charge in [0.15, 0.2) is 0 Å². The normalized spacial score (nSPS) is 16.4. The Bertz CT molecular complexity index is 1570. The highest BCUT2D eigenvalue weighted by Crippen LogP contribution is 2.31.